The van der Waals surface area contributed by atoms with Crippen molar-refractivity contribution in [2.75, 3.05) is 4.72 Å². The zero-order chi connectivity index (χ0) is 13.3. The minimum atomic E-state index is -3.78. The van der Waals surface area contributed by atoms with E-state index in [4.69, 9.17) is 11.6 Å². The lowest BCUT2D eigenvalue weighted by atomic mass is 10.3. The first-order chi connectivity index (χ1) is 8.40. The van der Waals surface area contributed by atoms with Crippen LogP contribution in [0.15, 0.2) is 28.5 Å². The van der Waals surface area contributed by atoms with Crippen LogP contribution in [-0.4, -0.2) is 18.5 Å². The van der Waals surface area contributed by atoms with E-state index in [1.54, 1.807) is 19.1 Å². The molecule has 0 spiro atoms. The monoisotopic (exact) mass is 304 g/mol. The quantitative estimate of drug-likeness (QED) is 0.854. The number of aromatic nitrogens is 1. The Labute approximate surface area is 113 Å². The first kappa shape index (κ1) is 13.1. The molecule has 0 amide bonds. The van der Waals surface area contributed by atoms with Crippen LogP contribution in [0.3, 0.4) is 0 Å². The van der Waals surface area contributed by atoms with E-state index in [0.717, 1.165) is 11.3 Å². The number of anilines is 1. The smallest absolute Gasteiger partial charge is 0.273 e. The average Bonchev–Trinajstić information content (AvgIpc) is 2.62. The average molecular weight is 305 g/mol. The van der Waals surface area contributed by atoms with Crippen LogP contribution in [0.1, 0.15) is 5.69 Å². The van der Waals surface area contributed by atoms with Gasteiger partial charge in [0, 0.05) is 0 Å². The number of aromatic hydroxyl groups is 1. The van der Waals surface area contributed by atoms with Crippen molar-refractivity contribution in [1.82, 2.24) is 4.98 Å². The van der Waals surface area contributed by atoms with Crippen LogP contribution in [-0.2, 0) is 10.0 Å². The topological polar surface area (TPSA) is 79.3 Å². The fourth-order valence-corrected chi connectivity index (χ4v) is 4.17. The van der Waals surface area contributed by atoms with Crippen molar-refractivity contribution in [3.63, 3.8) is 0 Å². The molecule has 0 aliphatic carbocycles. The number of hydrogen-bond acceptors (Lipinski definition) is 5. The van der Waals surface area contributed by atoms with Crippen molar-refractivity contribution in [2.45, 2.75) is 11.1 Å². The molecule has 0 saturated carbocycles. The van der Waals surface area contributed by atoms with Gasteiger partial charge in [0.25, 0.3) is 10.0 Å². The third kappa shape index (κ3) is 2.58. The van der Waals surface area contributed by atoms with Gasteiger partial charge in [0.2, 0.25) is 0 Å². The van der Waals surface area contributed by atoms with Crippen molar-refractivity contribution in [3.05, 3.63) is 34.4 Å². The summed E-state index contributed by atoms with van der Waals surface area (Å²) < 4.78 is 26.6. The van der Waals surface area contributed by atoms with Gasteiger partial charge in [-0.05, 0) is 19.1 Å². The molecule has 0 saturated heterocycles. The fourth-order valence-electron chi connectivity index (χ4n) is 1.35. The largest absolute Gasteiger partial charge is 0.506 e. The zero-order valence-electron chi connectivity index (χ0n) is 9.21. The first-order valence-electron chi connectivity index (χ1n) is 4.84. The molecule has 1 heterocycles. The van der Waals surface area contributed by atoms with Gasteiger partial charge in [-0.15, -0.1) is 0 Å². The zero-order valence-corrected chi connectivity index (χ0v) is 11.6. The number of rotatable bonds is 3. The maximum absolute atomic E-state index is 12.1. The van der Waals surface area contributed by atoms with E-state index in [1.807, 2.05) is 0 Å². The number of thiazole rings is 1. The van der Waals surface area contributed by atoms with Gasteiger partial charge >= 0.3 is 0 Å². The van der Waals surface area contributed by atoms with Gasteiger partial charge < -0.3 is 5.11 Å². The molecule has 2 aromatic rings. The summed E-state index contributed by atoms with van der Waals surface area (Å²) in [6.07, 6.45) is 0. The van der Waals surface area contributed by atoms with Crippen molar-refractivity contribution in [2.24, 2.45) is 0 Å². The predicted molar refractivity (Wildman–Crippen MR) is 70.8 cm³/mol. The van der Waals surface area contributed by atoms with Gasteiger partial charge in [-0.3, -0.25) is 4.72 Å². The van der Waals surface area contributed by atoms with Crippen molar-refractivity contribution in [1.29, 1.82) is 0 Å². The Bertz CT molecular complexity index is 682. The second kappa shape index (κ2) is 4.75. The van der Waals surface area contributed by atoms with E-state index in [-0.39, 0.29) is 20.1 Å². The Balaban J connectivity index is 2.40. The van der Waals surface area contributed by atoms with Crippen LogP contribution in [0, 0.1) is 6.92 Å². The van der Waals surface area contributed by atoms with Crippen molar-refractivity contribution < 1.29 is 13.5 Å². The lowest BCUT2D eigenvalue weighted by molar-refractivity contribution is 0.477. The predicted octanol–water partition coefficient (Wildman–Crippen LogP) is 2.61. The molecule has 2 rings (SSSR count). The highest BCUT2D eigenvalue weighted by Gasteiger charge is 2.22. The molecule has 18 heavy (non-hydrogen) atoms. The standard InChI is InChI=1S/C10H9ClN2O3S2/c1-6-9(17-10(11)12-6)18(15,16)13-7-4-2-3-5-8(7)14/h2-5,13-14H,1H3. The normalized spacial score (nSPS) is 11.4. The molecule has 1 aromatic carbocycles. The number of benzene rings is 1. The minimum absolute atomic E-state index is 0.0377. The maximum atomic E-state index is 12.1. The fraction of sp³-hybridized carbons (Fsp3) is 0.100. The highest BCUT2D eigenvalue weighted by Crippen LogP contribution is 2.30. The molecular formula is C10H9ClN2O3S2. The minimum Gasteiger partial charge on any atom is -0.506 e. The van der Waals surface area contributed by atoms with E-state index >= 15 is 0 Å². The number of nitrogens with zero attached hydrogens (tertiary/aromatic N) is 1. The lowest BCUT2D eigenvalue weighted by Crippen LogP contribution is -2.12. The van der Waals surface area contributed by atoms with Crippen LogP contribution < -0.4 is 4.72 Å². The molecule has 0 aliphatic heterocycles. The third-order valence-corrected chi connectivity index (χ3v) is 5.36. The summed E-state index contributed by atoms with van der Waals surface area (Å²) in [6.45, 7) is 1.56. The maximum Gasteiger partial charge on any atom is 0.273 e. The SMILES string of the molecule is Cc1nc(Cl)sc1S(=O)(=O)Nc1ccccc1O. The van der Waals surface area contributed by atoms with Gasteiger partial charge in [-0.2, -0.15) is 0 Å². The number of hydrogen-bond donors (Lipinski definition) is 2. The second-order valence-corrected chi connectivity index (χ2v) is 6.92. The third-order valence-electron chi connectivity index (χ3n) is 2.12. The van der Waals surface area contributed by atoms with Crippen LogP contribution in [0.2, 0.25) is 4.47 Å². The van der Waals surface area contributed by atoms with E-state index < -0.39 is 10.0 Å². The van der Waals surface area contributed by atoms with E-state index in [1.165, 1.54) is 12.1 Å². The van der Waals surface area contributed by atoms with Gasteiger partial charge in [-0.1, -0.05) is 35.1 Å². The van der Waals surface area contributed by atoms with Gasteiger partial charge in [0.1, 0.15) is 5.75 Å². The second-order valence-electron chi connectivity index (χ2n) is 3.46. The summed E-state index contributed by atoms with van der Waals surface area (Å²) in [7, 11) is -3.78. The summed E-state index contributed by atoms with van der Waals surface area (Å²) in [4.78, 5) is 3.84. The van der Waals surface area contributed by atoms with E-state index in [0.29, 0.717) is 5.69 Å². The molecule has 0 atom stereocenters. The van der Waals surface area contributed by atoms with Crippen molar-refractivity contribution >= 4 is 38.6 Å². The highest BCUT2D eigenvalue weighted by molar-refractivity contribution is 7.94. The van der Waals surface area contributed by atoms with Gasteiger partial charge in [0.05, 0.1) is 11.4 Å². The molecule has 0 fully saturated rings. The van der Waals surface area contributed by atoms with Crippen molar-refractivity contribution in [3.8, 4) is 5.75 Å². The molecule has 0 aliphatic rings. The lowest BCUT2D eigenvalue weighted by Gasteiger charge is -2.07. The number of sulfonamides is 1. The Morgan fingerprint density at radius 3 is 2.61 bits per heavy atom. The molecule has 96 valence electrons. The van der Waals surface area contributed by atoms with Crippen LogP contribution >= 0.6 is 22.9 Å². The molecule has 0 radical (unpaired) electrons. The van der Waals surface area contributed by atoms with Crippen LogP contribution in [0.25, 0.3) is 0 Å². The summed E-state index contributed by atoms with van der Waals surface area (Å²) in [5.41, 5.74) is 0.439. The summed E-state index contributed by atoms with van der Waals surface area (Å²) in [6, 6.07) is 6.07. The molecule has 0 unspecified atom stereocenters. The van der Waals surface area contributed by atoms with Gasteiger partial charge in [0.15, 0.2) is 8.68 Å². The molecule has 2 N–H and O–H groups in total. The number of phenols is 1. The van der Waals surface area contributed by atoms with Crippen LogP contribution in [0.4, 0.5) is 5.69 Å². The number of halogens is 1. The Morgan fingerprint density at radius 1 is 1.39 bits per heavy atom. The number of nitrogens with one attached hydrogen (secondary N) is 1. The Kier molecular flexibility index (Phi) is 3.47. The number of aryl methyl sites for hydroxylation is 1. The van der Waals surface area contributed by atoms with Gasteiger partial charge in [-0.25, -0.2) is 13.4 Å². The molecule has 5 nitrogen and oxygen atoms in total. The Hall–Kier alpha value is -1.31. The molecular weight excluding hydrogens is 296 g/mol. The highest BCUT2D eigenvalue weighted by atomic mass is 35.5. The van der Waals surface area contributed by atoms with Crippen LogP contribution in [0.5, 0.6) is 5.75 Å². The number of phenolic OH excluding ortho intramolecular Hbond substituents is 1. The molecule has 0 bridgehead atoms. The summed E-state index contributed by atoms with van der Waals surface area (Å²) in [5, 5.41) is 9.53. The van der Waals surface area contributed by atoms with E-state index in [9.17, 15) is 13.5 Å². The molecule has 8 heteroatoms. The van der Waals surface area contributed by atoms with E-state index in [2.05, 4.69) is 9.71 Å². The Morgan fingerprint density at radius 2 is 2.06 bits per heavy atom. The molecule has 1 aromatic heterocycles. The summed E-state index contributed by atoms with van der Waals surface area (Å²) >= 11 is 6.54. The number of para-hydroxylation sites is 2. The summed E-state index contributed by atoms with van der Waals surface area (Å²) in [5.74, 6) is -0.144. The first-order valence-corrected chi connectivity index (χ1v) is 7.51.